The number of nitrogens with one attached hydrogen (secondary N) is 1. The average molecular weight is 255 g/mol. The highest BCUT2D eigenvalue weighted by molar-refractivity contribution is 6.06. The number of pyridine rings is 1. The minimum Gasteiger partial charge on any atom is -0.378 e. The van der Waals surface area contributed by atoms with Gasteiger partial charge in [0.25, 0.3) is 0 Å². The highest BCUT2D eigenvalue weighted by Crippen LogP contribution is 2.28. The SMILES string of the molecule is c1cnc2[nH]c3c(N4CCOCC4)ncnc3c2c1. The van der Waals surface area contributed by atoms with Gasteiger partial charge in [0.15, 0.2) is 5.82 Å². The van der Waals surface area contributed by atoms with Gasteiger partial charge in [-0.25, -0.2) is 15.0 Å². The largest absolute Gasteiger partial charge is 0.378 e. The number of H-pyrrole nitrogens is 1. The molecule has 1 fully saturated rings. The zero-order chi connectivity index (χ0) is 12.7. The molecule has 0 saturated carbocycles. The third-order valence-electron chi connectivity index (χ3n) is 3.44. The summed E-state index contributed by atoms with van der Waals surface area (Å²) in [5.74, 6) is 0.936. The van der Waals surface area contributed by atoms with Crippen molar-refractivity contribution in [2.75, 3.05) is 31.2 Å². The van der Waals surface area contributed by atoms with Gasteiger partial charge in [-0.1, -0.05) is 0 Å². The molecule has 0 atom stereocenters. The van der Waals surface area contributed by atoms with Gasteiger partial charge >= 0.3 is 0 Å². The molecular formula is C13H13N5O. The standard InChI is InChI=1S/C13H13N5O/c1-2-9-10-11(17-12(9)14-3-1)13(16-8-15-10)18-4-6-19-7-5-18/h1-3,8H,4-7H2,(H,14,17). The second-order valence-corrected chi connectivity index (χ2v) is 4.54. The molecule has 3 aromatic rings. The van der Waals surface area contributed by atoms with Crippen LogP contribution in [0.2, 0.25) is 0 Å². The van der Waals surface area contributed by atoms with Crippen molar-refractivity contribution in [1.29, 1.82) is 0 Å². The van der Waals surface area contributed by atoms with Gasteiger partial charge in [0, 0.05) is 24.7 Å². The molecule has 0 aromatic carbocycles. The van der Waals surface area contributed by atoms with Crippen LogP contribution in [0.15, 0.2) is 24.7 Å². The third-order valence-corrected chi connectivity index (χ3v) is 3.44. The van der Waals surface area contributed by atoms with E-state index in [-0.39, 0.29) is 0 Å². The highest BCUT2D eigenvalue weighted by Gasteiger charge is 2.18. The normalized spacial score (nSPS) is 16.3. The maximum atomic E-state index is 5.38. The highest BCUT2D eigenvalue weighted by atomic mass is 16.5. The van der Waals surface area contributed by atoms with Crippen LogP contribution in [0.4, 0.5) is 5.82 Å². The molecule has 19 heavy (non-hydrogen) atoms. The third kappa shape index (κ3) is 1.64. The average Bonchev–Trinajstić information content (AvgIpc) is 2.87. The van der Waals surface area contributed by atoms with E-state index in [2.05, 4.69) is 24.8 Å². The van der Waals surface area contributed by atoms with Crippen LogP contribution in [0.5, 0.6) is 0 Å². The summed E-state index contributed by atoms with van der Waals surface area (Å²) in [4.78, 5) is 18.7. The van der Waals surface area contributed by atoms with Crippen LogP contribution in [-0.4, -0.2) is 46.2 Å². The van der Waals surface area contributed by atoms with Crippen LogP contribution in [0.1, 0.15) is 0 Å². The van der Waals surface area contributed by atoms with Crippen molar-refractivity contribution >= 4 is 27.9 Å². The molecule has 0 bridgehead atoms. The smallest absolute Gasteiger partial charge is 0.156 e. The Morgan fingerprint density at radius 2 is 2.05 bits per heavy atom. The number of hydrogen-bond acceptors (Lipinski definition) is 5. The Balaban J connectivity index is 1.95. The van der Waals surface area contributed by atoms with E-state index >= 15 is 0 Å². The zero-order valence-corrected chi connectivity index (χ0v) is 10.3. The van der Waals surface area contributed by atoms with Crippen LogP contribution in [0.25, 0.3) is 22.1 Å². The Labute approximate surface area is 109 Å². The predicted molar refractivity (Wildman–Crippen MR) is 72.2 cm³/mol. The van der Waals surface area contributed by atoms with Crippen molar-refractivity contribution in [2.24, 2.45) is 0 Å². The first-order valence-corrected chi connectivity index (χ1v) is 6.33. The lowest BCUT2D eigenvalue weighted by molar-refractivity contribution is 0.122. The Morgan fingerprint density at radius 1 is 1.16 bits per heavy atom. The van der Waals surface area contributed by atoms with E-state index in [0.29, 0.717) is 0 Å². The van der Waals surface area contributed by atoms with Gasteiger partial charge in [0.2, 0.25) is 0 Å². The molecule has 0 unspecified atom stereocenters. The number of nitrogens with zero attached hydrogens (tertiary/aromatic N) is 4. The Kier molecular flexibility index (Phi) is 2.34. The number of rotatable bonds is 1. The molecule has 0 aliphatic carbocycles. The number of aromatic amines is 1. The summed E-state index contributed by atoms with van der Waals surface area (Å²) in [5, 5.41) is 1.04. The molecule has 1 aliphatic heterocycles. The van der Waals surface area contributed by atoms with Gasteiger partial charge in [0.05, 0.1) is 13.2 Å². The molecule has 6 heteroatoms. The summed E-state index contributed by atoms with van der Waals surface area (Å²) in [6.07, 6.45) is 3.40. The lowest BCUT2D eigenvalue weighted by atomic mass is 10.3. The zero-order valence-electron chi connectivity index (χ0n) is 10.3. The summed E-state index contributed by atoms with van der Waals surface area (Å²) in [6, 6.07) is 3.95. The number of aromatic nitrogens is 4. The molecule has 1 saturated heterocycles. The van der Waals surface area contributed by atoms with Crippen LogP contribution in [0.3, 0.4) is 0 Å². The van der Waals surface area contributed by atoms with Crippen LogP contribution in [0, 0.1) is 0 Å². The summed E-state index contributed by atoms with van der Waals surface area (Å²) < 4.78 is 5.38. The first-order chi connectivity index (χ1) is 9.43. The van der Waals surface area contributed by atoms with Crippen molar-refractivity contribution in [2.45, 2.75) is 0 Å². The lowest BCUT2D eigenvalue weighted by Crippen LogP contribution is -2.36. The van der Waals surface area contributed by atoms with E-state index in [4.69, 9.17) is 4.74 Å². The first kappa shape index (κ1) is 10.7. The summed E-state index contributed by atoms with van der Waals surface area (Å²) in [6.45, 7) is 3.19. The number of morpholine rings is 1. The molecule has 0 spiro atoms. The maximum Gasteiger partial charge on any atom is 0.156 e. The quantitative estimate of drug-likeness (QED) is 0.710. The van der Waals surface area contributed by atoms with Crippen LogP contribution >= 0.6 is 0 Å². The number of ether oxygens (including phenoxy) is 1. The van der Waals surface area contributed by atoms with E-state index in [1.54, 1.807) is 12.5 Å². The molecule has 96 valence electrons. The number of fused-ring (bicyclic) bond motifs is 3. The fourth-order valence-electron chi connectivity index (χ4n) is 2.52. The molecule has 3 aromatic heterocycles. The van der Waals surface area contributed by atoms with Gasteiger partial charge in [-0.05, 0) is 12.1 Å². The van der Waals surface area contributed by atoms with Gasteiger partial charge < -0.3 is 14.6 Å². The van der Waals surface area contributed by atoms with E-state index in [9.17, 15) is 0 Å². The van der Waals surface area contributed by atoms with E-state index in [1.807, 2.05) is 12.1 Å². The molecular weight excluding hydrogens is 242 g/mol. The van der Waals surface area contributed by atoms with E-state index in [0.717, 1.165) is 54.2 Å². The molecule has 4 rings (SSSR count). The fraction of sp³-hybridized carbons (Fsp3) is 0.308. The van der Waals surface area contributed by atoms with E-state index in [1.165, 1.54) is 0 Å². The summed E-state index contributed by atoms with van der Waals surface area (Å²) in [7, 11) is 0. The van der Waals surface area contributed by atoms with Crippen LogP contribution in [-0.2, 0) is 4.74 Å². The van der Waals surface area contributed by atoms with Gasteiger partial charge in [-0.3, -0.25) is 0 Å². The predicted octanol–water partition coefficient (Wildman–Crippen LogP) is 1.34. The molecule has 4 heterocycles. The number of anilines is 1. The maximum absolute atomic E-state index is 5.38. The molecule has 1 N–H and O–H groups in total. The molecule has 0 radical (unpaired) electrons. The fourth-order valence-corrected chi connectivity index (χ4v) is 2.52. The second-order valence-electron chi connectivity index (χ2n) is 4.54. The summed E-state index contributed by atoms with van der Waals surface area (Å²) in [5.41, 5.74) is 2.74. The van der Waals surface area contributed by atoms with Crippen molar-refractivity contribution in [1.82, 2.24) is 19.9 Å². The Morgan fingerprint density at radius 3 is 2.95 bits per heavy atom. The van der Waals surface area contributed by atoms with Crippen molar-refractivity contribution in [3.63, 3.8) is 0 Å². The van der Waals surface area contributed by atoms with Gasteiger partial charge in [-0.2, -0.15) is 0 Å². The topological polar surface area (TPSA) is 66.9 Å². The van der Waals surface area contributed by atoms with Crippen LogP contribution < -0.4 is 4.90 Å². The van der Waals surface area contributed by atoms with E-state index < -0.39 is 0 Å². The monoisotopic (exact) mass is 255 g/mol. The van der Waals surface area contributed by atoms with Crippen molar-refractivity contribution in [3.8, 4) is 0 Å². The minimum atomic E-state index is 0.740. The van der Waals surface area contributed by atoms with Gasteiger partial charge in [0.1, 0.15) is 23.0 Å². The van der Waals surface area contributed by atoms with Crippen molar-refractivity contribution < 1.29 is 4.74 Å². The Bertz CT molecular complexity index is 732. The Hall–Kier alpha value is -2.21. The minimum absolute atomic E-state index is 0.740. The molecule has 6 nitrogen and oxygen atoms in total. The first-order valence-electron chi connectivity index (χ1n) is 6.33. The number of hydrogen-bond donors (Lipinski definition) is 1. The lowest BCUT2D eigenvalue weighted by Gasteiger charge is -2.27. The summed E-state index contributed by atoms with van der Waals surface area (Å²) >= 11 is 0. The van der Waals surface area contributed by atoms with Gasteiger partial charge in [-0.15, -0.1) is 0 Å². The van der Waals surface area contributed by atoms with Crippen molar-refractivity contribution in [3.05, 3.63) is 24.7 Å². The second kappa shape index (κ2) is 4.17. The molecule has 0 amide bonds. The molecule has 1 aliphatic rings.